The average molecular weight is 264 g/mol. The predicted molar refractivity (Wildman–Crippen MR) is 83.6 cm³/mol. The summed E-state index contributed by atoms with van der Waals surface area (Å²) in [5.41, 5.74) is 3.71. The number of benzene rings is 2. The molecule has 2 aromatic carbocycles. The lowest BCUT2D eigenvalue weighted by atomic mass is 10.0. The molecular formula is C18H20N2. The van der Waals surface area contributed by atoms with Crippen LogP contribution in [0.3, 0.4) is 0 Å². The fourth-order valence-corrected chi connectivity index (χ4v) is 2.26. The van der Waals surface area contributed by atoms with Gasteiger partial charge in [0, 0.05) is 11.7 Å². The molecule has 2 rings (SSSR count). The van der Waals surface area contributed by atoms with Crippen LogP contribution in [0.25, 0.3) is 0 Å². The monoisotopic (exact) mass is 264 g/mol. The highest BCUT2D eigenvalue weighted by Crippen LogP contribution is 2.21. The minimum Gasteiger partial charge on any atom is -0.381 e. The summed E-state index contributed by atoms with van der Waals surface area (Å²) < 4.78 is 0. The number of para-hydroxylation sites is 1. The molecule has 0 amide bonds. The number of hydrogen-bond donors (Lipinski definition) is 1. The van der Waals surface area contributed by atoms with Crippen molar-refractivity contribution in [3.63, 3.8) is 0 Å². The second-order valence-electron chi connectivity index (χ2n) is 4.93. The normalized spacial score (nSPS) is 11.6. The van der Waals surface area contributed by atoms with E-state index in [0.717, 1.165) is 18.5 Å². The van der Waals surface area contributed by atoms with E-state index in [1.54, 1.807) is 0 Å². The van der Waals surface area contributed by atoms with Crippen molar-refractivity contribution < 1.29 is 0 Å². The summed E-state index contributed by atoms with van der Waals surface area (Å²) in [6, 6.07) is 21.3. The van der Waals surface area contributed by atoms with Crippen molar-refractivity contribution in [2.75, 3.05) is 5.32 Å². The molecule has 0 bridgehead atoms. The van der Waals surface area contributed by atoms with Crippen LogP contribution in [0.5, 0.6) is 0 Å². The smallest absolute Gasteiger partial charge is 0.0643 e. The largest absolute Gasteiger partial charge is 0.381 e. The Hall–Kier alpha value is -2.27. The van der Waals surface area contributed by atoms with Crippen LogP contribution in [0.2, 0.25) is 0 Å². The van der Waals surface area contributed by atoms with E-state index in [9.17, 15) is 0 Å². The molecule has 20 heavy (non-hydrogen) atoms. The lowest BCUT2D eigenvalue weighted by Gasteiger charge is -2.18. The topological polar surface area (TPSA) is 35.8 Å². The van der Waals surface area contributed by atoms with Gasteiger partial charge in [-0.2, -0.15) is 5.26 Å². The maximum Gasteiger partial charge on any atom is 0.0643 e. The first-order chi connectivity index (χ1) is 9.83. The molecule has 0 aliphatic heterocycles. The molecule has 1 atom stereocenters. The maximum absolute atomic E-state index is 8.86. The minimum absolute atomic E-state index is 0.219. The van der Waals surface area contributed by atoms with Crippen LogP contribution in [-0.2, 0) is 6.42 Å². The van der Waals surface area contributed by atoms with Gasteiger partial charge in [0.15, 0.2) is 0 Å². The van der Waals surface area contributed by atoms with Gasteiger partial charge in [0.25, 0.3) is 0 Å². The van der Waals surface area contributed by atoms with Crippen LogP contribution in [-0.4, -0.2) is 6.04 Å². The van der Waals surface area contributed by atoms with E-state index in [1.165, 1.54) is 11.1 Å². The van der Waals surface area contributed by atoms with Crippen molar-refractivity contribution >= 4 is 5.69 Å². The molecule has 0 radical (unpaired) electrons. The van der Waals surface area contributed by atoms with E-state index in [-0.39, 0.29) is 6.04 Å². The van der Waals surface area contributed by atoms with Crippen LogP contribution < -0.4 is 5.32 Å². The molecule has 0 aliphatic carbocycles. The van der Waals surface area contributed by atoms with Crippen LogP contribution in [0, 0.1) is 11.3 Å². The zero-order chi connectivity index (χ0) is 14.2. The van der Waals surface area contributed by atoms with Gasteiger partial charge in [-0.05, 0) is 30.0 Å². The zero-order valence-corrected chi connectivity index (χ0v) is 11.8. The number of rotatable bonds is 6. The number of hydrogen-bond acceptors (Lipinski definition) is 2. The molecule has 0 fully saturated rings. The van der Waals surface area contributed by atoms with Gasteiger partial charge in [0.05, 0.1) is 12.5 Å². The minimum atomic E-state index is 0.219. The van der Waals surface area contributed by atoms with E-state index >= 15 is 0 Å². The zero-order valence-electron chi connectivity index (χ0n) is 11.8. The van der Waals surface area contributed by atoms with Crippen molar-refractivity contribution in [1.29, 1.82) is 5.26 Å². The molecule has 2 nitrogen and oxygen atoms in total. The fourth-order valence-electron chi connectivity index (χ4n) is 2.26. The molecule has 0 saturated heterocycles. The van der Waals surface area contributed by atoms with Gasteiger partial charge in [0.2, 0.25) is 0 Å². The molecule has 1 unspecified atom stereocenters. The molecular weight excluding hydrogens is 244 g/mol. The van der Waals surface area contributed by atoms with Crippen LogP contribution in [0.1, 0.15) is 30.9 Å². The van der Waals surface area contributed by atoms with Crippen LogP contribution in [0.4, 0.5) is 5.69 Å². The highest BCUT2D eigenvalue weighted by Gasteiger charge is 2.08. The number of nitrogens with zero attached hydrogens (tertiary/aromatic N) is 1. The fraction of sp³-hybridized carbons (Fsp3) is 0.278. The molecule has 1 N–H and O–H groups in total. The van der Waals surface area contributed by atoms with Gasteiger partial charge in [-0.1, -0.05) is 55.5 Å². The van der Waals surface area contributed by atoms with E-state index in [2.05, 4.69) is 60.8 Å². The first-order valence-electron chi connectivity index (χ1n) is 7.08. The Balaban J connectivity index is 2.16. The highest BCUT2D eigenvalue weighted by molar-refractivity contribution is 5.53. The average Bonchev–Trinajstić information content (AvgIpc) is 2.49. The second kappa shape index (κ2) is 7.35. The molecule has 2 aromatic rings. The summed E-state index contributed by atoms with van der Waals surface area (Å²) in [6.45, 7) is 2.11. The second-order valence-corrected chi connectivity index (χ2v) is 4.93. The third kappa shape index (κ3) is 3.86. The highest BCUT2D eigenvalue weighted by atomic mass is 14.9. The van der Waals surface area contributed by atoms with Crippen molar-refractivity contribution in [3.8, 4) is 6.07 Å². The SMILES string of the molecule is CCC(CC#N)Nc1ccccc1Cc1ccccc1. The van der Waals surface area contributed by atoms with Gasteiger partial charge in [-0.3, -0.25) is 0 Å². The van der Waals surface area contributed by atoms with Crippen LogP contribution >= 0.6 is 0 Å². The van der Waals surface area contributed by atoms with Gasteiger partial charge in [-0.15, -0.1) is 0 Å². The molecule has 2 heteroatoms. The standard InChI is InChI=1S/C18H20N2/c1-2-17(12-13-19)20-18-11-7-6-10-16(18)14-15-8-4-3-5-9-15/h3-11,17,20H,2,12,14H2,1H3. The summed E-state index contributed by atoms with van der Waals surface area (Å²) in [5.74, 6) is 0. The molecule has 0 aliphatic rings. The number of nitriles is 1. The Bertz CT molecular complexity index is 569. The molecule has 0 saturated carbocycles. The summed E-state index contributed by atoms with van der Waals surface area (Å²) in [5, 5.41) is 12.4. The third-order valence-electron chi connectivity index (χ3n) is 3.44. The van der Waals surface area contributed by atoms with E-state index in [4.69, 9.17) is 5.26 Å². The summed E-state index contributed by atoms with van der Waals surface area (Å²) in [4.78, 5) is 0. The van der Waals surface area contributed by atoms with E-state index in [1.807, 2.05) is 12.1 Å². The lowest BCUT2D eigenvalue weighted by Crippen LogP contribution is -2.18. The molecule has 0 spiro atoms. The Morgan fingerprint density at radius 3 is 2.45 bits per heavy atom. The lowest BCUT2D eigenvalue weighted by molar-refractivity contribution is 0.710. The molecule has 0 heterocycles. The van der Waals surface area contributed by atoms with Crippen molar-refractivity contribution in [2.45, 2.75) is 32.2 Å². The van der Waals surface area contributed by atoms with Crippen molar-refractivity contribution in [3.05, 3.63) is 65.7 Å². The maximum atomic E-state index is 8.86. The van der Waals surface area contributed by atoms with Crippen LogP contribution in [0.15, 0.2) is 54.6 Å². The Kier molecular flexibility index (Phi) is 5.20. The molecule has 0 aromatic heterocycles. The third-order valence-corrected chi connectivity index (χ3v) is 3.44. The number of nitrogens with one attached hydrogen (secondary N) is 1. The van der Waals surface area contributed by atoms with Crippen molar-refractivity contribution in [2.24, 2.45) is 0 Å². The van der Waals surface area contributed by atoms with Gasteiger partial charge in [-0.25, -0.2) is 0 Å². The summed E-state index contributed by atoms with van der Waals surface area (Å²) in [7, 11) is 0. The predicted octanol–water partition coefficient (Wildman–Crippen LogP) is 4.38. The number of anilines is 1. The summed E-state index contributed by atoms with van der Waals surface area (Å²) in [6.07, 6.45) is 2.40. The van der Waals surface area contributed by atoms with Crippen molar-refractivity contribution in [1.82, 2.24) is 0 Å². The molecule has 102 valence electrons. The Labute approximate surface area is 121 Å². The van der Waals surface area contributed by atoms with Gasteiger partial charge < -0.3 is 5.32 Å². The first-order valence-corrected chi connectivity index (χ1v) is 7.08. The van der Waals surface area contributed by atoms with Gasteiger partial charge >= 0.3 is 0 Å². The summed E-state index contributed by atoms with van der Waals surface area (Å²) >= 11 is 0. The quantitative estimate of drug-likeness (QED) is 0.840. The van der Waals surface area contributed by atoms with E-state index < -0.39 is 0 Å². The van der Waals surface area contributed by atoms with E-state index in [0.29, 0.717) is 6.42 Å². The first kappa shape index (κ1) is 14.1. The van der Waals surface area contributed by atoms with Gasteiger partial charge in [0.1, 0.15) is 0 Å². The Morgan fingerprint density at radius 2 is 1.75 bits per heavy atom. The Morgan fingerprint density at radius 1 is 1.05 bits per heavy atom.